The lowest BCUT2D eigenvalue weighted by atomic mass is 10.0. The van der Waals surface area contributed by atoms with Gasteiger partial charge in [-0.3, -0.25) is 19.2 Å². The Hall–Kier alpha value is -5.15. The number of benzene rings is 2. The van der Waals surface area contributed by atoms with Crippen molar-refractivity contribution in [2.75, 3.05) is 19.6 Å². The summed E-state index contributed by atoms with van der Waals surface area (Å²) >= 11 is 5.88. The molecule has 0 saturated carbocycles. The number of rotatable bonds is 28. The highest BCUT2D eigenvalue weighted by Crippen LogP contribution is 2.20. The van der Waals surface area contributed by atoms with E-state index in [0.29, 0.717) is 42.1 Å². The lowest BCUT2D eigenvalue weighted by Crippen LogP contribution is -2.47. The van der Waals surface area contributed by atoms with E-state index >= 15 is 0 Å². The van der Waals surface area contributed by atoms with Gasteiger partial charge in [0.1, 0.15) is 5.75 Å². The SMILES string of the molecule is CCC=CCC=CCC=CCC=CCC=CCC=CCCC(=O)NCCC(CCNC(=O)C(C)(C)Oc1ccc(CCNC(=O)c2ccc(Cl)cc2)cc1)C(=O)O. The third-order valence-corrected chi connectivity index (χ3v) is 8.98. The van der Waals surface area contributed by atoms with Crippen LogP contribution in [0.3, 0.4) is 0 Å². The van der Waals surface area contributed by atoms with Gasteiger partial charge in [0, 0.05) is 36.6 Å². The standard InChI is InChI=1S/C47H62ClN3O6/c1-4-5-6-7-8-9-10-11-12-13-14-15-16-17-18-19-20-21-22-23-43(52)49-36-33-40(45(54)55)34-37-51-46(56)47(2,3)57-42-30-24-38(25-31-42)32-35-50-44(53)39-26-28-41(48)29-27-39/h5-6,8-9,11-12,14-15,17-18,20-21,24-31,40H,4,7,10,13,16,19,22-23,32-37H2,1-3H3,(H,49,52)(H,50,53)(H,51,56)(H,54,55). The maximum Gasteiger partial charge on any atom is 0.306 e. The summed E-state index contributed by atoms with van der Waals surface area (Å²) in [7, 11) is 0. The molecule has 57 heavy (non-hydrogen) atoms. The monoisotopic (exact) mass is 799 g/mol. The zero-order valence-corrected chi connectivity index (χ0v) is 34.6. The summed E-state index contributed by atoms with van der Waals surface area (Å²) in [6, 6.07) is 14.0. The molecule has 2 rings (SSSR count). The maximum atomic E-state index is 12.9. The highest BCUT2D eigenvalue weighted by atomic mass is 35.5. The normalized spacial score (nSPS) is 12.7. The van der Waals surface area contributed by atoms with Crippen LogP contribution in [0.4, 0.5) is 0 Å². The second-order valence-electron chi connectivity index (χ2n) is 13.9. The van der Waals surface area contributed by atoms with Gasteiger partial charge >= 0.3 is 5.97 Å². The fraction of sp³-hybridized carbons (Fsp3) is 0.404. The van der Waals surface area contributed by atoms with E-state index in [-0.39, 0.29) is 43.7 Å². The van der Waals surface area contributed by atoms with Crippen LogP contribution >= 0.6 is 11.6 Å². The van der Waals surface area contributed by atoms with Crippen LogP contribution in [0.1, 0.15) is 101 Å². The van der Waals surface area contributed by atoms with Crippen molar-refractivity contribution in [2.24, 2.45) is 5.92 Å². The Morgan fingerprint density at radius 3 is 1.72 bits per heavy atom. The van der Waals surface area contributed by atoms with Gasteiger partial charge in [-0.15, -0.1) is 0 Å². The van der Waals surface area contributed by atoms with E-state index in [1.807, 2.05) is 24.3 Å². The molecule has 0 aliphatic rings. The minimum absolute atomic E-state index is 0.125. The van der Waals surface area contributed by atoms with Gasteiger partial charge in [0.05, 0.1) is 5.92 Å². The number of carbonyl (C=O) groups excluding carboxylic acids is 3. The smallest absolute Gasteiger partial charge is 0.306 e. The number of amides is 3. The molecule has 2 aromatic carbocycles. The molecule has 1 atom stereocenters. The van der Waals surface area contributed by atoms with Crippen LogP contribution in [0.2, 0.25) is 5.02 Å². The van der Waals surface area contributed by atoms with E-state index in [4.69, 9.17) is 16.3 Å². The van der Waals surface area contributed by atoms with E-state index in [2.05, 4.69) is 83.6 Å². The van der Waals surface area contributed by atoms with Crippen molar-refractivity contribution < 1.29 is 29.0 Å². The van der Waals surface area contributed by atoms with Gasteiger partial charge in [0.2, 0.25) is 5.91 Å². The van der Waals surface area contributed by atoms with Crippen molar-refractivity contribution in [3.63, 3.8) is 0 Å². The Morgan fingerprint density at radius 2 is 1.19 bits per heavy atom. The molecule has 0 bridgehead atoms. The predicted molar refractivity (Wildman–Crippen MR) is 232 cm³/mol. The molecular formula is C47H62ClN3O6. The number of hydrogen-bond acceptors (Lipinski definition) is 5. The molecular weight excluding hydrogens is 738 g/mol. The first-order valence-electron chi connectivity index (χ1n) is 20.0. The van der Waals surface area contributed by atoms with Crippen molar-refractivity contribution in [3.05, 3.63) is 138 Å². The third-order valence-electron chi connectivity index (χ3n) is 8.73. The maximum absolute atomic E-state index is 12.9. The summed E-state index contributed by atoms with van der Waals surface area (Å²) in [4.78, 5) is 49.4. The van der Waals surface area contributed by atoms with E-state index < -0.39 is 17.5 Å². The molecule has 4 N–H and O–H groups in total. The molecule has 0 aliphatic carbocycles. The van der Waals surface area contributed by atoms with Crippen LogP contribution in [0.15, 0.2) is 121 Å². The van der Waals surface area contributed by atoms with Gasteiger partial charge in [0.25, 0.3) is 11.8 Å². The van der Waals surface area contributed by atoms with E-state index in [0.717, 1.165) is 44.1 Å². The van der Waals surface area contributed by atoms with Crippen molar-refractivity contribution in [1.82, 2.24) is 16.0 Å². The zero-order valence-electron chi connectivity index (χ0n) is 33.9. The molecule has 1 unspecified atom stereocenters. The topological polar surface area (TPSA) is 134 Å². The molecule has 10 heteroatoms. The van der Waals surface area contributed by atoms with Crippen LogP contribution in [-0.4, -0.2) is 54.0 Å². The molecule has 2 aromatic rings. The average Bonchev–Trinajstić information content (AvgIpc) is 3.18. The van der Waals surface area contributed by atoms with Gasteiger partial charge in [-0.25, -0.2) is 0 Å². The first kappa shape index (κ1) is 48.0. The second kappa shape index (κ2) is 29.1. The molecule has 0 aromatic heterocycles. The fourth-order valence-electron chi connectivity index (χ4n) is 5.38. The first-order valence-corrected chi connectivity index (χ1v) is 20.4. The Bertz CT molecular complexity index is 1670. The molecule has 0 spiro atoms. The van der Waals surface area contributed by atoms with Crippen molar-refractivity contribution in [1.29, 1.82) is 0 Å². The van der Waals surface area contributed by atoms with Gasteiger partial charge in [-0.1, -0.05) is 104 Å². The molecule has 308 valence electrons. The Morgan fingerprint density at radius 1 is 0.684 bits per heavy atom. The Labute approximate surface area is 345 Å². The minimum Gasteiger partial charge on any atom is -0.481 e. The number of allylic oxidation sites excluding steroid dienone is 12. The average molecular weight is 800 g/mol. The molecule has 0 aliphatic heterocycles. The largest absolute Gasteiger partial charge is 0.481 e. The first-order chi connectivity index (χ1) is 27.5. The molecule has 0 radical (unpaired) electrons. The number of carbonyl (C=O) groups is 4. The van der Waals surface area contributed by atoms with Gasteiger partial charge in [-0.05, 0) is 120 Å². The highest BCUT2D eigenvalue weighted by molar-refractivity contribution is 6.30. The summed E-state index contributed by atoms with van der Waals surface area (Å²) < 4.78 is 5.96. The van der Waals surface area contributed by atoms with E-state index in [1.165, 1.54) is 0 Å². The van der Waals surface area contributed by atoms with Crippen molar-refractivity contribution in [2.45, 2.75) is 97.0 Å². The van der Waals surface area contributed by atoms with Gasteiger partial charge < -0.3 is 25.8 Å². The molecule has 0 saturated heterocycles. The second-order valence-corrected chi connectivity index (χ2v) is 14.4. The van der Waals surface area contributed by atoms with Crippen LogP contribution in [-0.2, 0) is 20.8 Å². The Kier molecular flexibility index (Phi) is 24.5. The molecule has 9 nitrogen and oxygen atoms in total. The number of hydrogen-bond donors (Lipinski definition) is 4. The molecule has 0 heterocycles. The van der Waals surface area contributed by atoms with Crippen molar-refractivity contribution in [3.8, 4) is 5.75 Å². The summed E-state index contributed by atoms with van der Waals surface area (Å²) in [5, 5.41) is 18.7. The summed E-state index contributed by atoms with van der Waals surface area (Å²) in [6.45, 7) is 6.27. The van der Waals surface area contributed by atoms with Crippen LogP contribution in [0, 0.1) is 5.92 Å². The fourth-order valence-corrected chi connectivity index (χ4v) is 5.51. The van der Waals surface area contributed by atoms with Crippen LogP contribution < -0.4 is 20.7 Å². The summed E-state index contributed by atoms with van der Waals surface area (Å²) in [6.07, 6.45) is 33.4. The molecule has 0 fully saturated rings. The lowest BCUT2D eigenvalue weighted by molar-refractivity contribution is -0.142. The minimum atomic E-state index is -1.20. The number of nitrogens with one attached hydrogen (secondary N) is 3. The number of halogens is 1. The number of aliphatic carboxylic acids is 1. The van der Waals surface area contributed by atoms with E-state index in [1.54, 1.807) is 50.2 Å². The van der Waals surface area contributed by atoms with Crippen LogP contribution in [0.25, 0.3) is 0 Å². The number of carboxylic acid groups (broad SMARTS) is 1. The van der Waals surface area contributed by atoms with Gasteiger partial charge in [-0.2, -0.15) is 0 Å². The highest BCUT2D eigenvalue weighted by Gasteiger charge is 2.30. The third kappa shape index (κ3) is 22.9. The zero-order chi connectivity index (χ0) is 41.6. The number of ether oxygens (including phenoxy) is 1. The van der Waals surface area contributed by atoms with Gasteiger partial charge in [0.15, 0.2) is 5.60 Å². The molecule has 3 amide bonds. The summed E-state index contributed by atoms with van der Waals surface area (Å²) in [5.74, 6) is -1.87. The quantitative estimate of drug-likeness (QED) is 0.0634. The summed E-state index contributed by atoms with van der Waals surface area (Å²) in [5.41, 5.74) is 0.320. The predicted octanol–water partition coefficient (Wildman–Crippen LogP) is 9.66. The lowest BCUT2D eigenvalue weighted by Gasteiger charge is -2.26. The van der Waals surface area contributed by atoms with Crippen LogP contribution in [0.5, 0.6) is 5.75 Å². The number of carboxylic acids is 1. The Balaban J connectivity index is 1.57. The van der Waals surface area contributed by atoms with Crippen molar-refractivity contribution >= 4 is 35.3 Å². The van der Waals surface area contributed by atoms with E-state index in [9.17, 15) is 24.3 Å².